The molecule has 3 aromatic rings. The molecule has 1 aliphatic carbocycles. The number of benzene rings is 3. The van der Waals surface area contributed by atoms with E-state index in [0.717, 1.165) is 10.9 Å². The number of fused-ring (bicyclic) bond motifs is 2. The van der Waals surface area contributed by atoms with Gasteiger partial charge < -0.3 is 20.1 Å². The van der Waals surface area contributed by atoms with Gasteiger partial charge >= 0.3 is 0 Å². The van der Waals surface area contributed by atoms with Gasteiger partial charge in [-0.25, -0.2) is 0 Å². The molecule has 0 aliphatic heterocycles. The molecule has 132 valence electrons. The average molecular weight is 350 g/mol. The molecule has 4 rings (SSSR count). The lowest BCUT2D eigenvalue weighted by Crippen LogP contribution is -2.17. The predicted octanol–water partition coefficient (Wildman–Crippen LogP) is 4.07. The third-order valence-electron chi connectivity index (χ3n) is 5.11. The number of methoxy groups -OCH3 is 1. The molecule has 0 bridgehead atoms. The molecule has 5 heteroatoms. The highest BCUT2D eigenvalue weighted by Crippen LogP contribution is 2.47. The standard InChI is InChI=1S/C21H18O5/c1-26-18-4-2-3-14-15(22)8-6-12(19(14)18)11-5-9-16(23)20-13(11)7-10-17(24)21(20)25/h2-4,6-8,10-11,22,24-25H,5,9H2,1H3/t11-/m1/s1. The summed E-state index contributed by atoms with van der Waals surface area (Å²) >= 11 is 0. The molecule has 1 aliphatic rings. The van der Waals surface area contributed by atoms with Crippen LogP contribution >= 0.6 is 0 Å². The van der Waals surface area contributed by atoms with E-state index in [1.165, 1.54) is 6.07 Å². The van der Waals surface area contributed by atoms with E-state index in [-0.39, 0.29) is 40.9 Å². The molecule has 0 radical (unpaired) electrons. The highest BCUT2D eigenvalue weighted by molar-refractivity contribution is 6.03. The van der Waals surface area contributed by atoms with Gasteiger partial charge in [-0.2, -0.15) is 0 Å². The van der Waals surface area contributed by atoms with Crippen molar-refractivity contribution in [3.8, 4) is 23.0 Å². The minimum atomic E-state index is -0.368. The molecule has 3 N–H and O–H groups in total. The molecule has 0 aromatic heterocycles. The highest BCUT2D eigenvalue weighted by Gasteiger charge is 2.32. The van der Waals surface area contributed by atoms with Gasteiger partial charge in [-0.1, -0.05) is 24.3 Å². The summed E-state index contributed by atoms with van der Waals surface area (Å²) in [5.41, 5.74) is 1.76. The Hall–Kier alpha value is -3.21. The Morgan fingerprint density at radius 2 is 1.69 bits per heavy atom. The number of hydrogen-bond acceptors (Lipinski definition) is 5. The van der Waals surface area contributed by atoms with Crippen molar-refractivity contribution in [1.29, 1.82) is 0 Å². The molecule has 26 heavy (non-hydrogen) atoms. The van der Waals surface area contributed by atoms with Crippen LogP contribution in [0.2, 0.25) is 0 Å². The second kappa shape index (κ2) is 5.95. The molecular formula is C21H18O5. The fourth-order valence-electron chi connectivity index (χ4n) is 3.90. The van der Waals surface area contributed by atoms with Crippen LogP contribution in [0.1, 0.15) is 40.2 Å². The zero-order valence-corrected chi connectivity index (χ0v) is 14.2. The summed E-state index contributed by atoms with van der Waals surface area (Å²) in [5, 5.41) is 31.7. The van der Waals surface area contributed by atoms with Crippen molar-refractivity contribution in [2.45, 2.75) is 18.8 Å². The number of carbonyl (C=O) groups excluding carboxylic acids is 1. The first-order valence-electron chi connectivity index (χ1n) is 8.39. The third kappa shape index (κ3) is 2.28. The maximum absolute atomic E-state index is 12.3. The number of rotatable bonds is 2. The first-order valence-corrected chi connectivity index (χ1v) is 8.39. The Bertz CT molecular complexity index is 1040. The van der Waals surface area contributed by atoms with E-state index in [1.54, 1.807) is 19.2 Å². The summed E-state index contributed by atoms with van der Waals surface area (Å²) in [6.45, 7) is 0. The number of ether oxygens (including phenoxy) is 1. The Labute approximate surface area is 150 Å². The van der Waals surface area contributed by atoms with Gasteiger partial charge in [-0.15, -0.1) is 0 Å². The molecule has 3 aromatic carbocycles. The van der Waals surface area contributed by atoms with Gasteiger partial charge in [-0.05, 0) is 35.7 Å². The third-order valence-corrected chi connectivity index (χ3v) is 5.11. The van der Waals surface area contributed by atoms with Crippen LogP contribution in [0, 0.1) is 0 Å². The van der Waals surface area contributed by atoms with Gasteiger partial charge in [0, 0.05) is 23.1 Å². The lowest BCUT2D eigenvalue weighted by atomic mass is 9.76. The van der Waals surface area contributed by atoms with Crippen molar-refractivity contribution in [3.05, 3.63) is 59.2 Å². The molecule has 0 amide bonds. The van der Waals surface area contributed by atoms with E-state index >= 15 is 0 Å². The Morgan fingerprint density at radius 1 is 0.962 bits per heavy atom. The van der Waals surface area contributed by atoms with Gasteiger partial charge in [0.25, 0.3) is 0 Å². The Balaban J connectivity index is 2.02. The second-order valence-corrected chi connectivity index (χ2v) is 6.47. The van der Waals surface area contributed by atoms with Crippen LogP contribution in [0.4, 0.5) is 0 Å². The number of carbonyl (C=O) groups is 1. The van der Waals surface area contributed by atoms with Crippen LogP contribution in [0.15, 0.2) is 42.5 Å². The van der Waals surface area contributed by atoms with Crippen LogP contribution in [0.25, 0.3) is 10.8 Å². The zero-order chi connectivity index (χ0) is 18.4. The maximum Gasteiger partial charge on any atom is 0.168 e. The van der Waals surface area contributed by atoms with E-state index in [4.69, 9.17) is 4.74 Å². The minimum Gasteiger partial charge on any atom is -0.507 e. The minimum absolute atomic E-state index is 0.156. The molecule has 0 spiro atoms. The quantitative estimate of drug-likeness (QED) is 0.606. The summed E-state index contributed by atoms with van der Waals surface area (Å²) in [5.74, 6) is -0.218. The fraction of sp³-hybridized carbons (Fsp3) is 0.190. The van der Waals surface area contributed by atoms with E-state index in [1.807, 2.05) is 24.3 Å². The van der Waals surface area contributed by atoms with Crippen molar-refractivity contribution in [1.82, 2.24) is 0 Å². The summed E-state index contributed by atoms with van der Waals surface area (Å²) in [4.78, 5) is 12.3. The van der Waals surface area contributed by atoms with Crippen LogP contribution in [-0.4, -0.2) is 28.2 Å². The van der Waals surface area contributed by atoms with Crippen LogP contribution in [0.5, 0.6) is 23.0 Å². The van der Waals surface area contributed by atoms with Gasteiger partial charge in [0.05, 0.1) is 12.7 Å². The Morgan fingerprint density at radius 3 is 2.46 bits per heavy atom. The van der Waals surface area contributed by atoms with Gasteiger partial charge in [0.15, 0.2) is 17.3 Å². The van der Waals surface area contributed by atoms with Crippen molar-refractivity contribution >= 4 is 16.6 Å². The lowest BCUT2D eigenvalue weighted by molar-refractivity contribution is 0.0965. The molecule has 1 atom stereocenters. The summed E-state index contributed by atoms with van der Waals surface area (Å²) in [7, 11) is 1.57. The van der Waals surface area contributed by atoms with Crippen molar-refractivity contribution in [2.24, 2.45) is 0 Å². The van der Waals surface area contributed by atoms with Crippen molar-refractivity contribution in [3.63, 3.8) is 0 Å². The molecule has 0 fully saturated rings. The van der Waals surface area contributed by atoms with Gasteiger partial charge in [0.1, 0.15) is 11.5 Å². The Kier molecular flexibility index (Phi) is 3.72. The summed E-state index contributed by atoms with van der Waals surface area (Å²) in [6.07, 6.45) is 0.847. The van der Waals surface area contributed by atoms with Crippen LogP contribution in [-0.2, 0) is 0 Å². The maximum atomic E-state index is 12.3. The molecule has 0 saturated heterocycles. The zero-order valence-electron chi connectivity index (χ0n) is 14.2. The van der Waals surface area contributed by atoms with Gasteiger partial charge in [-0.3, -0.25) is 4.79 Å². The number of Topliss-reactive ketones (excluding diaryl/α,β-unsaturated/α-hetero) is 1. The monoisotopic (exact) mass is 350 g/mol. The fourth-order valence-corrected chi connectivity index (χ4v) is 3.90. The van der Waals surface area contributed by atoms with Gasteiger partial charge in [0.2, 0.25) is 0 Å². The van der Waals surface area contributed by atoms with E-state index in [9.17, 15) is 20.1 Å². The number of aromatic hydroxyl groups is 3. The molecule has 0 heterocycles. The molecular weight excluding hydrogens is 332 g/mol. The van der Waals surface area contributed by atoms with Crippen LogP contribution < -0.4 is 4.74 Å². The first-order chi connectivity index (χ1) is 12.5. The molecule has 0 saturated carbocycles. The summed E-state index contributed by atoms with van der Waals surface area (Å²) in [6, 6.07) is 12.0. The SMILES string of the molecule is COc1cccc2c(O)ccc([C@H]3CCC(=O)c4c3ccc(O)c4O)c12. The normalized spacial score (nSPS) is 16.5. The topological polar surface area (TPSA) is 87.0 Å². The number of hydrogen-bond donors (Lipinski definition) is 3. The van der Waals surface area contributed by atoms with E-state index in [0.29, 0.717) is 23.1 Å². The number of phenolic OH excluding ortho intramolecular Hbond substituents is 3. The first kappa shape index (κ1) is 16.3. The predicted molar refractivity (Wildman–Crippen MR) is 97.3 cm³/mol. The smallest absolute Gasteiger partial charge is 0.168 e. The lowest BCUT2D eigenvalue weighted by Gasteiger charge is -2.27. The van der Waals surface area contributed by atoms with Crippen molar-refractivity contribution < 1.29 is 24.9 Å². The number of phenols is 3. The average Bonchev–Trinajstić information content (AvgIpc) is 2.65. The summed E-state index contributed by atoms with van der Waals surface area (Å²) < 4.78 is 5.50. The largest absolute Gasteiger partial charge is 0.507 e. The van der Waals surface area contributed by atoms with E-state index in [2.05, 4.69) is 0 Å². The van der Waals surface area contributed by atoms with Crippen molar-refractivity contribution in [2.75, 3.05) is 7.11 Å². The molecule has 0 unspecified atom stereocenters. The molecule has 5 nitrogen and oxygen atoms in total. The van der Waals surface area contributed by atoms with E-state index < -0.39 is 0 Å². The number of ketones is 1. The van der Waals surface area contributed by atoms with Crippen LogP contribution in [0.3, 0.4) is 0 Å². The second-order valence-electron chi connectivity index (χ2n) is 6.47. The highest BCUT2D eigenvalue weighted by atomic mass is 16.5.